The second-order valence-corrected chi connectivity index (χ2v) is 11.5. The monoisotopic (exact) mass is 557 g/mol. The van der Waals surface area contributed by atoms with Crippen LogP contribution in [0.25, 0.3) is 33.4 Å². The summed E-state index contributed by atoms with van der Waals surface area (Å²) >= 11 is 6.74. The maximum Gasteiger partial charge on any atom is 0.251 e. The van der Waals surface area contributed by atoms with Gasteiger partial charge in [0.1, 0.15) is 0 Å². The number of halogens is 1. The molecule has 40 heavy (non-hydrogen) atoms. The topological polar surface area (TPSA) is 82.7 Å². The quantitative estimate of drug-likeness (QED) is 0.356. The number of nitrogen functional groups attached to an aromatic ring is 1. The van der Waals surface area contributed by atoms with Gasteiger partial charge in [-0.2, -0.15) is 0 Å². The highest BCUT2D eigenvalue weighted by Crippen LogP contribution is 2.42. The average molecular weight is 558 g/mol. The highest BCUT2D eigenvalue weighted by Gasteiger charge is 2.24. The van der Waals surface area contributed by atoms with E-state index in [-0.39, 0.29) is 11.9 Å². The number of fused-ring (bicyclic) bond motifs is 1. The fraction of sp³-hybridized carbons (Fsp3) is 0.355. The van der Waals surface area contributed by atoms with Gasteiger partial charge in [-0.05, 0) is 75.9 Å². The van der Waals surface area contributed by atoms with Crippen molar-refractivity contribution >= 4 is 34.2 Å². The van der Waals surface area contributed by atoms with Crippen molar-refractivity contribution in [1.29, 1.82) is 0 Å². The first-order chi connectivity index (χ1) is 19.4. The summed E-state index contributed by atoms with van der Waals surface area (Å²) in [7, 11) is 4.28. The van der Waals surface area contributed by atoms with Crippen LogP contribution in [0.2, 0.25) is 5.02 Å². The zero-order valence-electron chi connectivity index (χ0n) is 23.1. The van der Waals surface area contributed by atoms with Gasteiger partial charge in [-0.1, -0.05) is 35.9 Å². The number of hydrogen-bond acceptors (Lipinski definition) is 6. The van der Waals surface area contributed by atoms with Gasteiger partial charge in [0.15, 0.2) is 5.65 Å². The van der Waals surface area contributed by atoms with E-state index in [4.69, 9.17) is 17.4 Å². The number of hydrogen-bond donors (Lipinski definition) is 2. The number of piperidine rings is 1. The number of likely N-dealkylation sites (N-methyl/N-ethyl adjacent to an activating group) is 1. The molecule has 0 saturated carbocycles. The third kappa shape index (κ3) is 5.14. The Balaban J connectivity index is 1.33. The van der Waals surface area contributed by atoms with Crippen LogP contribution in [-0.2, 0) is 0 Å². The highest BCUT2D eigenvalue weighted by atomic mass is 35.5. The van der Waals surface area contributed by atoms with Crippen molar-refractivity contribution in [3.63, 3.8) is 0 Å². The van der Waals surface area contributed by atoms with Crippen LogP contribution in [0, 0.1) is 0 Å². The van der Waals surface area contributed by atoms with Crippen LogP contribution in [0.1, 0.15) is 23.2 Å². The molecule has 4 aromatic rings. The lowest BCUT2D eigenvalue weighted by Crippen LogP contribution is -2.44. The van der Waals surface area contributed by atoms with Crippen LogP contribution in [-0.4, -0.2) is 84.8 Å². The van der Waals surface area contributed by atoms with Crippen molar-refractivity contribution in [2.75, 3.05) is 64.1 Å². The number of nitrogens with zero attached hydrogens (tertiary/aromatic N) is 5. The Morgan fingerprint density at radius 2 is 1.50 bits per heavy atom. The maximum atomic E-state index is 13.0. The van der Waals surface area contributed by atoms with Crippen LogP contribution >= 0.6 is 11.6 Å². The molecule has 0 atom stereocenters. The number of nitrogens with two attached hydrogens (primary N) is 1. The van der Waals surface area contributed by atoms with Crippen molar-refractivity contribution in [3.05, 3.63) is 71.4 Å². The van der Waals surface area contributed by atoms with Crippen LogP contribution in [0.4, 0.5) is 5.69 Å². The average Bonchev–Trinajstić information content (AvgIpc) is 3.28. The normalized spacial score (nSPS) is 17.4. The maximum absolute atomic E-state index is 13.0. The van der Waals surface area contributed by atoms with E-state index in [0.717, 1.165) is 79.9 Å². The molecule has 0 bridgehead atoms. The highest BCUT2D eigenvalue weighted by molar-refractivity contribution is 6.37. The number of nitrogens with one attached hydrogen (secondary N) is 1. The number of likely N-dealkylation sites (tertiary alicyclic amines) is 1. The number of rotatable bonds is 5. The van der Waals surface area contributed by atoms with Crippen molar-refractivity contribution in [1.82, 2.24) is 24.8 Å². The molecule has 2 fully saturated rings. The minimum atomic E-state index is -0.0400. The predicted molar refractivity (Wildman–Crippen MR) is 163 cm³/mol. The van der Waals surface area contributed by atoms with Crippen LogP contribution in [0.3, 0.4) is 0 Å². The smallest absolute Gasteiger partial charge is 0.251 e. The number of pyridine rings is 1. The molecule has 6 rings (SSSR count). The molecule has 9 heteroatoms. The summed E-state index contributed by atoms with van der Waals surface area (Å²) in [6.07, 6.45) is 3.62. The molecule has 2 aromatic carbocycles. The molecule has 0 aliphatic carbocycles. The molecule has 1 amide bonds. The number of aromatic nitrogens is 2. The summed E-state index contributed by atoms with van der Waals surface area (Å²) in [6.45, 7) is 6.13. The molecule has 8 nitrogen and oxygen atoms in total. The molecule has 0 unspecified atom stereocenters. The zero-order valence-corrected chi connectivity index (χ0v) is 23.9. The lowest BCUT2D eigenvalue weighted by molar-refractivity contribution is 0.0917. The van der Waals surface area contributed by atoms with Gasteiger partial charge in [0.2, 0.25) is 0 Å². The first-order valence-corrected chi connectivity index (χ1v) is 14.3. The van der Waals surface area contributed by atoms with E-state index < -0.39 is 0 Å². The number of piperazine rings is 1. The van der Waals surface area contributed by atoms with E-state index in [0.29, 0.717) is 16.2 Å². The van der Waals surface area contributed by atoms with Crippen molar-refractivity contribution < 1.29 is 4.79 Å². The number of carbonyl (C=O) groups excluding carboxylic acids is 1. The van der Waals surface area contributed by atoms with Crippen molar-refractivity contribution in [2.45, 2.75) is 18.9 Å². The molecule has 208 valence electrons. The summed E-state index contributed by atoms with van der Waals surface area (Å²) in [4.78, 5) is 24.6. The van der Waals surface area contributed by atoms with Gasteiger partial charge >= 0.3 is 0 Å². The Morgan fingerprint density at radius 3 is 2.17 bits per heavy atom. The molecule has 4 heterocycles. The third-order valence-corrected chi connectivity index (χ3v) is 8.65. The molecule has 2 aliphatic heterocycles. The van der Waals surface area contributed by atoms with Crippen molar-refractivity contribution in [3.8, 4) is 22.4 Å². The second-order valence-electron chi connectivity index (χ2n) is 11.1. The van der Waals surface area contributed by atoms with E-state index in [9.17, 15) is 4.79 Å². The standard InChI is InChI=1S/C31H36ClN7O/c1-36-15-12-24(13-16-36)35-31(40)23-5-3-21(4-6-23)27-28-26(32)11-14-34-30(28)39(33)29(27)22-7-9-25(10-8-22)38-19-17-37(2)18-20-38/h3-11,14,24H,12-13,15-20,33H2,1-2H3,(H,35,40). The van der Waals surface area contributed by atoms with Gasteiger partial charge in [0.25, 0.3) is 5.91 Å². The summed E-state index contributed by atoms with van der Waals surface area (Å²) in [5.41, 5.74) is 6.11. The van der Waals surface area contributed by atoms with E-state index in [1.54, 1.807) is 16.9 Å². The first kappa shape index (κ1) is 26.6. The zero-order chi connectivity index (χ0) is 27.8. The molecule has 3 N–H and O–H groups in total. The van der Waals surface area contributed by atoms with Crippen LogP contribution < -0.4 is 16.1 Å². The predicted octanol–water partition coefficient (Wildman–Crippen LogP) is 4.31. The second kappa shape index (κ2) is 11.1. The number of benzene rings is 2. The summed E-state index contributed by atoms with van der Waals surface area (Å²) in [5.74, 6) is 6.64. The fourth-order valence-corrected chi connectivity index (χ4v) is 6.09. The third-order valence-electron chi connectivity index (χ3n) is 8.33. The molecule has 2 saturated heterocycles. The van der Waals surface area contributed by atoms with Crippen molar-refractivity contribution in [2.24, 2.45) is 0 Å². The fourth-order valence-electron chi connectivity index (χ4n) is 5.86. The van der Waals surface area contributed by atoms with Gasteiger partial charge in [-0.3, -0.25) is 4.79 Å². The molecular weight excluding hydrogens is 522 g/mol. The Labute approximate surface area is 240 Å². The molecule has 0 spiro atoms. The van der Waals surface area contributed by atoms with Crippen LogP contribution in [0.15, 0.2) is 60.8 Å². The lowest BCUT2D eigenvalue weighted by Gasteiger charge is -2.34. The van der Waals surface area contributed by atoms with Gasteiger partial charge in [0.05, 0.1) is 10.7 Å². The molecular formula is C31H36ClN7O. The summed E-state index contributed by atoms with van der Waals surface area (Å²) in [5, 5.41) is 4.59. The summed E-state index contributed by atoms with van der Waals surface area (Å²) in [6, 6.07) is 18.3. The first-order valence-electron chi connectivity index (χ1n) is 14.0. The molecule has 2 aliphatic rings. The number of anilines is 1. The van der Waals surface area contributed by atoms with Gasteiger partial charge in [0, 0.05) is 66.2 Å². The molecule has 2 aromatic heterocycles. The Bertz CT molecular complexity index is 1500. The van der Waals surface area contributed by atoms with Gasteiger partial charge in [-0.25, -0.2) is 9.66 Å². The van der Waals surface area contributed by atoms with Gasteiger partial charge < -0.3 is 25.9 Å². The van der Waals surface area contributed by atoms with E-state index >= 15 is 0 Å². The molecule has 0 radical (unpaired) electrons. The number of amides is 1. The van der Waals surface area contributed by atoms with E-state index in [1.807, 2.05) is 24.3 Å². The SMILES string of the molecule is CN1CCC(NC(=O)c2ccc(-c3c(-c4ccc(N5CCN(C)CC5)cc4)n(N)c4nccc(Cl)c34)cc2)CC1. The summed E-state index contributed by atoms with van der Waals surface area (Å²) < 4.78 is 1.63. The largest absolute Gasteiger partial charge is 0.369 e. The minimum Gasteiger partial charge on any atom is -0.369 e. The Kier molecular flexibility index (Phi) is 7.40. The van der Waals surface area contributed by atoms with E-state index in [1.165, 1.54) is 5.69 Å². The Morgan fingerprint density at radius 1 is 0.875 bits per heavy atom. The van der Waals surface area contributed by atoms with Gasteiger partial charge in [-0.15, -0.1) is 0 Å². The Hall–Kier alpha value is -3.59. The van der Waals surface area contributed by atoms with Crippen LogP contribution in [0.5, 0.6) is 0 Å². The number of carbonyl (C=O) groups is 1. The minimum absolute atomic E-state index is 0.0400. The lowest BCUT2D eigenvalue weighted by atomic mass is 9.97. The van der Waals surface area contributed by atoms with E-state index in [2.05, 4.69) is 63.4 Å².